The number of anilines is 3. The van der Waals surface area contributed by atoms with Gasteiger partial charge in [-0.2, -0.15) is 0 Å². The molecule has 15 rings (SSSR count). The number of ether oxygens (including phenoxy) is 1. The summed E-state index contributed by atoms with van der Waals surface area (Å²) in [6.45, 7) is 0. The fourth-order valence-corrected chi connectivity index (χ4v) is 12.8. The zero-order valence-corrected chi connectivity index (χ0v) is 42.1. The quantitative estimate of drug-likeness (QED) is 0.141. The monoisotopic (exact) mass is 979 g/mol. The van der Waals surface area contributed by atoms with Crippen molar-refractivity contribution in [3.63, 3.8) is 0 Å². The highest BCUT2D eigenvalue weighted by Crippen LogP contribution is 2.62. The lowest BCUT2D eigenvalue weighted by Crippen LogP contribution is -2.32. The van der Waals surface area contributed by atoms with E-state index in [1.807, 2.05) is 0 Å². The molecule has 2 aliphatic rings. The Morgan fingerprint density at radius 2 is 0.701 bits per heavy atom. The van der Waals surface area contributed by atoms with Crippen LogP contribution in [0.2, 0.25) is 0 Å². The fraction of sp³-hybridized carbons (Fsp3) is 0.0133. The standard InChI is InChI=1S/C75H49NO/c1-2-20-51(21-3-1)57-23-6-7-25-59(57)61-27-9-10-28-62(61)66-31-13-17-35-72(66)76(56-45-40-52(41-46-56)67-48-54-22-4-5-24-58(54)60-26-8-11-29-63(60)67)55-43-38-50(39-44-55)53-42-47-65-64-30-12-14-32-68(64)75(71(65)49-53)69-33-15-18-36-73(69)77-74-37-19-16-34-70(74)75/h1-49H. The molecule has 0 amide bonds. The lowest BCUT2D eigenvalue weighted by Gasteiger charge is -2.39. The van der Waals surface area contributed by atoms with Crippen LogP contribution in [0.25, 0.3) is 88.3 Å². The molecule has 0 fully saturated rings. The Morgan fingerprint density at radius 3 is 1.39 bits per heavy atom. The first-order valence-corrected chi connectivity index (χ1v) is 26.6. The highest BCUT2D eigenvalue weighted by atomic mass is 16.5. The maximum absolute atomic E-state index is 6.66. The van der Waals surface area contributed by atoms with Gasteiger partial charge in [0.15, 0.2) is 0 Å². The van der Waals surface area contributed by atoms with E-state index in [2.05, 4.69) is 302 Å². The van der Waals surface area contributed by atoms with Gasteiger partial charge in [0.25, 0.3) is 0 Å². The SMILES string of the molecule is c1ccc(-c2ccccc2-c2ccccc2-c2ccccc2N(c2ccc(-c3ccc4c(c3)C3(c5ccccc5Oc5ccccc53)c3ccccc3-4)cc2)c2ccc(-c3cc4ccccc4c4ccccc34)cc2)cc1. The fourth-order valence-electron chi connectivity index (χ4n) is 12.8. The topological polar surface area (TPSA) is 12.5 Å². The van der Waals surface area contributed by atoms with E-state index in [0.29, 0.717) is 0 Å². The molecule has 360 valence electrons. The van der Waals surface area contributed by atoms with Crippen molar-refractivity contribution in [2.24, 2.45) is 0 Å². The van der Waals surface area contributed by atoms with Crippen molar-refractivity contribution in [1.29, 1.82) is 0 Å². The Bertz CT molecular complexity index is 4370. The molecule has 0 saturated heterocycles. The van der Waals surface area contributed by atoms with Crippen molar-refractivity contribution < 1.29 is 4.74 Å². The van der Waals surface area contributed by atoms with Crippen molar-refractivity contribution in [3.05, 3.63) is 320 Å². The van der Waals surface area contributed by atoms with Gasteiger partial charge in [-0.25, -0.2) is 0 Å². The van der Waals surface area contributed by atoms with E-state index in [1.165, 1.54) is 77.2 Å². The third-order valence-corrected chi connectivity index (χ3v) is 16.2. The lowest BCUT2D eigenvalue weighted by molar-refractivity contribution is 0.436. The van der Waals surface area contributed by atoms with E-state index < -0.39 is 5.41 Å². The highest BCUT2D eigenvalue weighted by Gasteiger charge is 2.51. The average molecular weight is 980 g/mol. The smallest absolute Gasteiger partial charge is 0.132 e. The van der Waals surface area contributed by atoms with Crippen LogP contribution >= 0.6 is 0 Å². The van der Waals surface area contributed by atoms with Gasteiger partial charge in [0, 0.05) is 28.1 Å². The molecular formula is C75H49NO. The van der Waals surface area contributed by atoms with Crippen LogP contribution in [0.5, 0.6) is 11.5 Å². The number of benzene rings is 13. The zero-order valence-electron chi connectivity index (χ0n) is 42.1. The summed E-state index contributed by atoms with van der Waals surface area (Å²) in [6, 6.07) is 109. The van der Waals surface area contributed by atoms with Gasteiger partial charge in [-0.1, -0.05) is 243 Å². The first kappa shape index (κ1) is 44.5. The van der Waals surface area contributed by atoms with Gasteiger partial charge in [-0.15, -0.1) is 0 Å². The lowest BCUT2D eigenvalue weighted by atomic mass is 9.66. The molecule has 0 unspecified atom stereocenters. The number of rotatable bonds is 8. The van der Waals surface area contributed by atoms with E-state index in [0.717, 1.165) is 61.9 Å². The van der Waals surface area contributed by atoms with Gasteiger partial charge in [-0.05, 0) is 148 Å². The van der Waals surface area contributed by atoms with E-state index in [1.54, 1.807) is 0 Å². The molecule has 1 spiro atoms. The molecule has 0 aromatic heterocycles. The molecule has 13 aromatic carbocycles. The van der Waals surface area contributed by atoms with Crippen LogP contribution in [0.15, 0.2) is 297 Å². The summed E-state index contributed by atoms with van der Waals surface area (Å²) in [5.41, 5.74) is 21.8. The average Bonchev–Trinajstić information content (AvgIpc) is 4.00. The second-order valence-corrected chi connectivity index (χ2v) is 20.2. The number of hydrogen-bond donors (Lipinski definition) is 0. The summed E-state index contributed by atoms with van der Waals surface area (Å²) < 4.78 is 6.66. The predicted octanol–water partition coefficient (Wildman–Crippen LogP) is 20.3. The van der Waals surface area contributed by atoms with Crippen molar-refractivity contribution in [3.8, 4) is 78.3 Å². The first-order valence-electron chi connectivity index (χ1n) is 26.6. The Kier molecular flexibility index (Phi) is 10.5. The second kappa shape index (κ2) is 18.1. The zero-order chi connectivity index (χ0) is 50.9. The number of fused-ring (bicyclic) bond motifs is 12. The molecule has 0 N–H and O–H groups in total. The maximum atomic E-state index is 6.66. The summed E-state index contributed by atoms with van der Waals surface area (Å²) in [6.07, 6.45) is 0. The van der Waals surface area contributed by atoms with Crippen LogP contribution < -0.4 is 9.64 Å². The molecule has 2 nitrogen and oxygen atoms in total. The Balaban J connectivity index is 0.886. The first-order chi connectivity index (χ1) is 38.2. The third-order valence-electron chi connectivity index (χ3n) is 16.2. The Labute approximate surface area is 449 Å². The second-order valence-electron chi connectivity index (χ2n) is 20.2. The van der Waals surface area contributed by atoms with Gasteiger partial charge in [0.2, 0.25) is 0 Å². The van der Waals surface area contributed by atoms with Crippen LogP contribution in [0.1, 0.15) is 22.3 Å². The summed E-state index contributed by atoms with van der Waals surface area (Å²) in [4.78, 5) is 2.44. The third kappa shape index (κ3) is 7.10. The van der Waals surface area contributed by atoms with E-state index in [-0.39, 0.29) is 0 Å². The molecule has 1 aliphatic carbocycles. The van der Waals surface area contributed by atoms with Crippen LogP contribution in [0.3, 0.4) is 0 Å². The van der Waals surface area contributed by atoms with Crippen LogP contribution in [0.4, 0.5) is 17.1 Å². The minimum atomic E-state index is -0.545. The summed E-state index contributed by atoms with van der Waals surface area (Å²) in [5.74, 6) is 1.79. The molecular weight excluding hydrogens is 931 g/mol. The Morgan fingerprint density at radius 1 is 0.247 bits per heavy atom. The minimum Gasteiger partial charge on any atom is -0.457 e. The maximum Gasteiger partial charge on any atom is 0.132 e. The summed E-state index contributed by atoms with van der Waals surface area (Å²) >= 11 is 0. The summed E-state index contributed by atoms with van der Waals surface area (Å²) in [7, 11) is 0. The predicted molar refractivity (Wildman–Crippen MR) is 321 cm³/mol. The van der Waals surface area contributed by atoms with Crippen LogP contribution in [-0.2, 0) is 5.41 Å². The number of hydrogen-bond acceptors (Lipinski definition) is 2. The molecule has 0 radical (unpaired) electrons. The normalized spacial score (nSPS) is 12.6. The van der Waals surface area contributed by atoms with Gasteiger partial charge in [0.1, 0.15) is 11.5 Å². The minimum absolute atomic E-state index is 0.545. The molecule has 1 aliphatic heterocycles. The molecule has 0 atom stereocenters. The summed E-state index contributed by atoms with van der Waals surface area (Å²) in [5, 5.41) is 5.01. The van der Waals surface area contributed by atoms with E-state index >= 15 is 0 Å². The van der Waals surface area contributed by atoms with Crippen LogP contribution in [-0.4, -0.2) is 0 Å². The van der Waals surface area contributed by atoms with Crippen molar-refractivity contribution in [2.75, 3.05) is 4.90 Å². The highest BCUT2D eigenvalue weighted by molar-refractivity contribution is 6.14. The molecule has 77 heavy (non-hydrogen) atoms. The van der Waals surface area contributed by atoms with Gasteiger partial charge >= 0.3 is 0 Å². The van der Waals surface area contributed by atoms with Gasteiger partial charge in [-0.3, -0.25) is 0 Å². The largest absolute Gasteiger partial charge is 0.457 e. The van der Waals surface area contributed by atoms with E-state index in [9.17, 15) is 0 Å². The molecule has 1 heterocycles. The van der Waals surface area contributed by atoms with Crippen molar-refractivity contribution in [1.82, 2.24) is 0 Å². The number of para-hydroxylation sites is 3. The van der Waals surface area contributed by atoms with Gasteiger partial charge in [0.05, 0.1) is 11.1 Å². The molecule has 0 saturated carbocycles. The van der Waals surface area contributed by atoms with Gasteiger partial charge < -0.3 is 9.64 Å². The molecule has 13 aromatic rings. The van der Waals surface area contributed by atoms with E-state index in [4.69, 9.17) is 4.74 Å². The van der Waals surface area contributed by atoms with Crippen LogP contribution in [0, 0.1) is 0 Å². The van der Waals surface area contributed by atoms with Crippen molar-refractivity contribution >= 4 is 38.6 Å². The Hall–Kier alpha value is -10.0. The van der Waals surface area contributed by atoms with Crippen molar-refractivity contribution in [2.45, 2.75) is 5.41 Å². The number of nitrogens with zero attached hydrogens (tertiary/aromatic N) is 1. The molecule has 2 heteroatoms. The molecule has 0 bridgehead atoms.